The average Bonchev–Trinajstić information content (AvgIpc) is 3.19. The van der Waals surface area contributed by atoms with E-state index in [0.29, 0.717) is 47.6 Å². The lowest BCUT2D eigenvalue weighted by Crippen LogP contribution is -2.40. The molecule has 3 aromatic rings. The highest BCUT2D eigenvalue weighted by atomic mass is 32.2. The second kappa shape index (κ2) is 12.6. The van der Waals surface area contributed by atoms with Crippen LogP contribution in [-0.4, -0.2) is 88.4 Å². The van der Waals surface area contributed by atoms with Gasteiger partial charge in [0.05, 0.1) is 29.4 Å². The molecule has 0 aliphatic carbocycles. The van der Waals surface area contributed by atoms with Crippen molar-refractivity contribution >= 4 is 21.1 Å². The number of likely N-dealkylation sites (N-methyl/N-ethyl adjacent to an activating group) is 1. The van der Waals surface area contributed by atoms with Crippen molar-refractivity contribution in [1.82, 2.24) is 29.0 Å². The SMILES string of the molecule is CCCc1nn(C)c2c(=O)[nH]c(-c3cc(S(=O)(=O)N(CCO)CCN(CC)CC)ccc3OCC)nc12. The molecule has 11 nitrogen and oxygen atoms in total. The Bertz CT molecular complexity index is 1360. The Morgan fingerprint density at radius 2 is 1.84 bits per heavy atom. The van der Waals surface area contributed by atoms with Gasteiger partial charge in [0.2, 0.25) is 10.0 Å². The van der Waals surface area contributed by atoms with Gasteiger partial charge in [0.25, 0.3) is 5.56 Å². The number of fused-ring (bicyclic) bond motifs is 1. The number of rotatable bonds is 14. The fourth-order valence-electron chi connectivity index (χ4n) is 4.32. The first-order valence-corrected chi connectivity index (χ1v) is 14.2. The number of aliphatic hydroxyl groups excluding tert-OH is 1. The van der Waals surface area contributed by atoms with Gasteiger partial charge in [0.15, 0.2) is 5.52 Å². The molecule has 37 heavy (non-hydrogen) atoms. The van der Waals surface area contributed by atoms with E-state index >= 15 is 0 Å². The molecule has 2 N–H and O–H groups in total. The maximum absolute atomic E-state index is 13.6. The smallest absolute Gasteiger partial charge is 0.277 e. The zero-order chi connectivity index (χ0) is 27.2. The molecule has 1 aromatic carbocycles. The number of aromatic amines is 1. The molecule has 0 amide bonds. The van der Waals surface area contributed by atoms with E-state index in [9.17, 15) is 18.3 Å². The van der Waals surface area contributed by atoms with Gasteiger partial charge in [-0.1, -0.05) is 27.2 Å². The first-order valence-electron chi connectivity index (χ1n) is 12.8. The third-order valence-electron chi connectivity index (χ3n) is 6.30. The summed E-state index contributed by atoms with van der Waals surface area (Å²) >= 11 is 0. The van der Waals surface area contributed by atoms with Crippen molar-refractivity contribution in [3.8, 4) is 17.1 Å². The molecule has 0 fully saturated rings. The van der Waals surface area contributed by atoms with Gasteiger partial charge < -0.3 is 19.7 Å². The van der Waals surface area contributed by atoms with E-state index in [1.165, 1.54) is 21.1 Å². The lowest BCUT2D eigenvalue weighted by Gasteiger charge is -2.25. The highest BCUT2D eigenvalue weighted by Gasteiger charge is 2.27. The van der Waals surface area contributed by atoms with Crippen LogP contribution in [0.2, 0.25) is 0 Å². The van der Waals surface area contributed by atoms with Crippen molar-refractivity contribution in [1.29, 1.82) is 0 Å². The minimum absolute atomic E-state index is 0.0246. The summed E-state index contributed by atoms with van der Waals surface area (Å²) in [6, 6.07) is 4.53. The molecule has 3 rings (SSSR count). The average molecular weight is 535 g/mol. The van der Waals surface area contributed by atoms with Crippen LogP contribution in [0, 0.1) is 0 Å². The molecule has 204 valence electrons. The van der Waals surface area contributed by atoms with Crippen molar-refractivity contribution in [2.45, 2.75) is 45.4 Å². The molecular formula is C25H38N6O5S. The third kappa shape index (κ3) is 6.20. The molecule has 0 radical (unpaired) electrons. The number of sulfonamides is 1. The Labute approximate surface area is 218 Å². The predicted octanol–water partition coefficient (Wildman–Crippen LogP) is 2.00. The van der Waals surface area contributed by atoms with E-state index in [0.717, 1.165) is 19.5 Å². The lowest BCUT2D eigenvalue weighted by molar-refractivity contribution is 0.229. The van der Waals surface area contributed by atoms with E-state index in [1.54, 1.807) is 13.1 Å². The Kier molecular flexibility index (Phi) is 9.82. The fraction of sp³-hybridized carbons (Fsp3) is 0.560. The number of aliphatic hydroxyl groups is 1. The summed E-state index contributed by atoms with van der Waals surface area (Å²) in [7, 11) is -2.25. The standard InChI is InChI=1S/C25H38N6O5S/c1-6-10-20-22-23(29(5)28-20)25(33)27-24(26-22)19-17-18(11-12-21(19)36-9-4)37(34,35)31(15-16-32)14-13-30(7-2)8-3/h11-12,17,32H,6-10,13-16H2,1-5H3,(H,26,27,33). The van der Waals surface area contributed by atoms with Crippen LogP contribution < -0.4 is 10.3 Å². The van der Waals surface area contributed by atoms with Gasteiger partial charge in [-0.25, -0.2) is 13.4 Å². The monoisotopic (exact) mass is 534 g/mol. The van der Waals surface area contributed by atoms with E-state index in [2.05, 4.69) is 15.0 Å². The Morgan fingerprint density at radius 3 is 2.46 bits per heavy atom. The molecule has 0 spiro atoms. The number of hydrogen-bond acceptors (Lipinski definition) is 8. The maximum atomic E-state index is 13.6. The fourth-order valence-corrected chi connectivity index (χ4v) is 5.77. The predicted molar refractivity (Wildman–Crippen MR) is 143 cm³/mol. The van der Waals surface area contributed by atoms with E-state index in [4.69, 9.17) is 9.72 Å². The van der Waals surface area contributed by atoms with Gasteiger partial charge in [0.1, 0.15) is 17.1 Å². The van der Waals surface area contributed by atoms with Crippen molar-refractivity contribution in [3.05, 3.63) is 34.2 Å². The van der Waals surface area contributed by atoms with E-state index in [-0.39, 0.29) is 36.0 Å². The van der Waals surface area contributed by atoms with Crippen LogP contribution in [0.5, 0.6) is 5.75 Å². The number of H-pyrrole nitrogens is 1. The van der Waals surface area contributed by atoms with Crippen molar-refractivity contribution in [2.75, 3.05) is 45.9 Å². The number of benzene rings is 1. The van der Waals surface area contributed by atoms with E-state index in [1.807, 2.05) is 27.7 Å². The Morgan fingerprint density at radius 1 is 1.11 bits per heavy atom. The van der Waals surface area contributed by atoms with Crippen LogP contribution in [0.15, 0.2) is 27.9 Å². The van der Waals surface area contributed by atoms with Crippen LogP contribution in [0.1, 0.15) is 39.8 Å². The molecule has 0 bridgehead atoms. The quantitative estimate of drug-likeness (QED) is 0.321. The van der Waals surface area contributed by atoms with E-state index < -0.39 is 10.0 Å². The molecule has 0 aliphatic heterocycles. The van der Waals surface area contributed by atoms with Gasteiger partial charge in [0, 0.05) is 26.7 Å². The number of nitrogens with one attached hydrogen (secondary N) is 1. The molecular weight excluding hydrogens is 496 g/mol. The highest BCUT2D eigenvalue weighted by Crippen LogP contribution is 2.32. The molecule has 2 heterocycles. The summed E-state index contributed by atoms with van der Waals surface area (Å²) in [4.78, 5) is 22.6. The molecule has 12 heteroatoms. The van der Waals surface area contributed by atoms with Gasteiger partial charge in [-0.15, -0.1) is 0 Å². The minimum Gasteiger partial charge on any atom is -0.493 e. The number of aromatic nitrogens is 4. The number of hydrogen-bond donors (Lipinski definition) is 2. The summed E-state index contributed by atoms with van der Waals surface area (Å²) in [5.41, 5.74) is 1.55. The highest BCUT2D eigenvalue weighted by molar-refractivity contribution is 7.89. The maximum Gasteiger partial charge on any atom is 0.277 e. The summed E-state index contributed by atoms with van der Waals surface area (Å²) in [6.45, 7) is 10.3. The topological polar surface area (TPSA) is 134 Å². The summed E-state index contributed by atoms with van der Waals surface area (Å²) in [5, 5.41) is 14.0. The lowest BCUT2D eigenvalue weighted by atomic mass is 10.1. The number of ether oxygens (including phenoxy) is 1. The van der Waals surface area contributed by atoms with Crippen molar-refractivity contribution in [3.63, 3.8) is 0 Å². The van der Waals surface area contributed by atoms with Gasteiger partial charge in [-0.2, -0.15) is 9.40 Å². The molecule has 0 aliphatic rings. The van der Waals surface area contributed by atoms with Crippen molar-refractivity contribution in [2.24, 2.45) is 7.05 Å². The first kappa shape index (κ1) is 28.8. The molecule has 2 aromatic heterocycles. The Balaban J connectivity index is 2.13. The second-order valence-electron chi connectivity index (χ2n) is 8.68. The second-order valence-corrected chi connectivity index (χ2v) is 10.6. The summed E-state index contributed by atoms with van der Waals surface area (Å²) < 4.78 is 35.8. The van der Waals surface area contributed by atoms with Crippen molar-refractivity contribution < 1.29 is 18.3 Å². The third-order valence-corrected chi connectivity index (χ3v) is 8.20. The summed E-state index contributed by atoms with van der Waals surface area (Å²) in [6.07, 6.45) is 1.49. The zero-order valence-electron chi connectivity index (χ0n) is 22.3. The molecule has 0 saturated heterocycles. The first-order chi connectivity index (χ1) is 17.7. The van der Waals surface area contributed by atoms with Gasteiger partial charge in [-0.3, -0.25) is 9.48 Å². The Hall–Kier alpha value is -2.80. The largest absolute Gasteiger partial charge is 0.493 e. The summed E-state index contributed by atoms with van der Waals surface area (Å²) in [5.74, 6) is 0.613. The normalized spacial score (nSPS) is 12.2. The molecule has 0 atom stereocenters. The van der Waals surface area contributed by atoms with Gasteiger partial charge >= 0.3 is 0 Å². The molecule has 0 unspecified atom stereocenters. The van der Waals surface area contributed by atoms with Crippen LogP contribution >= 0.6 is 0 Å². The van der Waals surface area contributed by atoms with Gasteiger partial charge in [-0.05, 0) is 44.6 Å². The van der Waals surface area contributed by atoms with Crippen LogP contribution in [0.25, 0.3) is 22.4 Å². The minimum atomic E-state index is -3.95. The number of nitrogens with zero attached hydrogens (tertiary/aromatic N) is 5. The zero-order valence-corrected chi connectivity index (χ0v) is 23.1. The molecule has 0 saturated carbocycles. The van der Waals surface area contributed by atoms with Crippen LogP contribution in [0.3, 0.4) is 0 Å². The number of aryl methyl sites for hydroxylation is 2. The van der Waals surface area contributed by atoms with Crippen LogP contribution in [-0.2, 0) is 23.5 Å². The van der Waals surface area contributed by atoms with Crippen LogP contribution in [0.4, 0.5) is 0 Å².